The van der Waals surface area contributed by atoms with Gasteiger partial charge in [0.05, 0.1) is 18.1 Å². The molecule has 4 aromatic rings. The van der Waals surface area contributed by atoms with Crippen LogP contribution in [-0.4, -0.2) is 114 Å². The summed E-state index contributed by atoms with van der Waals surface area (Å²) in [7, 11) is 0. The summed E-state index contributed by atoms with van der Waals surface area (Å²) in [6.45, 7) is 2.49. The van der Waals surface area contributed by atoms with Crippen molar-refractivity contribution in [3.63, 3.8) is 0 Å². The zero-order valence-electron chi connectivity index (χ0n) is 24.3. The average molecular weight is 649 g/mol. The van der Waals surface area contributed by atoms with Gasteiger partial charge in [-0.3, -0.25) is 4.79 Å². The van der Waals surface area contributed by atoms with E-state index in [9.17, 15) is 50.8 Å². The van der Waals surface area contributed by atoms with Gasteiger partial charge < -0.3 is 73.7 Å². The molecule has 0 amide bonds. The van der Waals surface area contributed by atoms with Gasteiger partial charge in [0.1, 0.15) is 59.7 Å². The van der Waals surface area contributed by atoms with E-state index < -0.39 is 90.7 Å². The number of hydrogen-bond donors (Lipinski definition) is 9. The van der Waals surface area contributed by atoms with E-state index in [0.717, 1.165) is 12.1 Å². The van der Waals surface area contributed by atoms with E-state index >= 15 is 0 Å². The Balaban J connectivity index is 1.40. The summed E-state index contributed by atoms with van der Waals surface area (Å²) in [5.74, 6) is -2.32. The molecule has 4 heterocycles. The molecule has 248 valence electrons. The Kier molecular flexibility index (Phi) is 8.34. The number of phenols is 3. The molecule has 10 atom stereocenters. The van der Waals surface area contributed by atoms with Crippen molar-refractivity contribution in [3.05, 3.63) is 46.3 Å². The van der Waals surface area contributed by atoms with Gasteiger partial charge in [0, 0.05) is 23.1 Å². The minimum absolute atomic E-state index is 0.0232. The quantitative estimate of drug-likeness (QED) is 0.121. The molecule has 2 aliphatic heterocycles. The lowest BCUT2D eigenvalue weighted by molar-refractivity contribution is -0.318. The molecule has 0 unspecified atom stereocenters. The number of phenolic OH excluding ortho intramolecular Hbond substituents is 3. The Morgan fingerprint density at radius 2 is 1.35 bits per heavy atom. The SMILES string of the molecule is Cc1cc2c(O[C@@H]3O[C@H](CO[C@@H]4O[C@@H](C)[C@H](O)[C@@H](O)[C@H]4O)[C@@H](O)[C@H](O)[C@H]3O)c(-c3cc(O)c(O)c(O)c3)oc3cc(=O)cc(o1)c32. The molecule has 2 aromatic heterocycles. The first-order chi connectivity index (χ1) is 21.7. The van der Waals surface area contributed by atoms with Crippen LogP contribution in [0.4, 0.5) is 0 Å². The summed E-state index contributed by atoms with van der Waals surface area (Å²) in [6.07, 6.45) is -15.6. The van der Waals surface area contributed by atoms with Gasteiger partial charge in [-0.2, -0.15) is 0 Å². The van der Waals surface area contributed by atoms with Gasteiger partial charge in [-0.15, -0.1) is 0 Å². The van der Waals surface area contributed by atoms with Crippen LogP contribution in [0.3, 0.4) is 0 Å². The molecule has 0 aliphatic carbocycles. The molecule has 2 aromatic carbocycles. The largest absolute Gasteiger partial charge is 0.504 e. The van der Waals surface area contributed by atoms with Gasteiger partial charge >= 0.3 is 0 Å². The van der Waals surface area contributed by atoms with Crippen LogP contribution < -0.4 is 10.2 Å². The summed E-state index contributed by atoms with van der Waals surface area (Å²) in [4.78, 5) is 12.4. The Hall–Kier alpha value is -3.97. The zero-order valence-corrected chi connectivity index (χ0v) is 24.3. The number of aryl methyl sites for hydroxylation is 1. The van der Waals surface area contributed by atoms with Crippen molar-refractivity contribution in [1.82, 2.24) is 0 Å². The number of aromatic hydroxyl groups is 3. The van der Waals surface area contributed by atoms with E-state index in [-0.39, 0.29) is 39.0 Å². The fourth-order valence-electron chi connectivity index (χ4n) is 5.58. The van der Waals surface area contributed by atoms with E-state index in [1.807, 2.05) is 0 Å². The van der Waals surface area contributed by atoms with Crippen molar-refractivity contribution < 1.29 is 73.7 Å². The number of aliphatic hydroxyl groups excluding tert-OH is 6. The van der Waals surface area contributed by atoms with E-state index in [1.54, 1.807) is 6.92 Å². The summed E-state index contributed by atoms with van der Waals surface area (Å²) in [5.41, 5.74) is -0.360. The number of ether oxygens (including phenoxy) is 4. The predicted molar refractivity (Wildman–Crippen MR) is 153 cm³/mol. The molecule has 16 heteroatoms. The van der Waals surface area contributed by atoms with Crippen molar-refractivity contribution in [2.24, 2.45) is 0 Å². The fraction of sp³-hybridized carbons (Fsp3) is 0.433. The van der Waals surface area contributed by atoms with Crippen LogP contribution in [0, 0.1) is 6.92 Å². The van der Waals surface area contributed by atoms with Crippen LogP contribution in [0.5, 0.6) is 23.0 Å². The molecule has 6 rings (SSSR count). The highest BCUT2D eigenvalue weighted by Gasteiger charge is 2.47. The first-order valence-corrected chi connectivity index (χ1v) is 14.2. The van der Waals surface area contributed by atoms with E-state index in [1.165, 1.54) is 25.1 Å². The fourth-order valence-corrected chi connectivity index (χ4v) is 5.58. The van der Waals surface area contributed by atoms with E-state index in [4.69, 9.17) is 27.8 Å². The maximum Gasteiger partial charge on any atom is 0.229 e. The third-order valence-electron chi connectivity index (χ3n) is 8.06. The van der Waals surface area contributed by atoms with Crippen LogP contribution in [0.2, 0.25) is 0 Å². The maximum absolute atomic E-state index is 12.4. The van der Waals surface area contributed by atoms with Crippen LogP contribution in [0.1, 0.15) is 12.7 Å². The summed E-state index contributed by atoms with van der Waals surface area (Å²) in [6, 6.07) is 6.01. The molecule has 2 fully saturated rings. The molecule has 0 radical (unpaired) electrons. The molecule has 16 nitrogen and oxygen atoms in total. The highest BCUT2D eigenvalue weighted by Crippen LogP contribution is 2.46. The normalized spacial score (nSPS) is 31.8. The summed E-state index contributed by atoms with van der Waals surface area (Å²) >= 11 is 0. The molecular weight excluding hydrogens is 616 g/mol. The third kappa shape index (κ3) is 5.53. The number of rotatable bonds is 6. The minimum atomic E-state index is -1.87. The van der Waals surface area contributed by atoms with Crippen molar-refractivity contribution in [1.29, 1.82) is 0 Å². The first-order valence-electron chi connectivity index (χ1n) is 14.2. The van der Waals surface area contributed by atoms with Gasteiger partial charge in [0.2, 0.25) is 6.29 Å². The lowest BCUT2D eigenvalue weighted by atomic mass is 9.98. The Labute approximate surface area is 258 Å². The van der Waals surface area contributed by atoms with Gasteiger partial charge in [0.25, 0.3) is 0 Å². The van der Waals surface area contributed by atoms with Crippen molar-refractivity contribution in [2.45, 2.75) is 75.3 Å². The topological polar surface area (TPSA) is 262 Å². The average Bonchev–Trinajstić information content (AvgIpc) is 3.00. The molecule has 0 spiro atoms. The standard InChI is InChI=1S/C30H32O16/c1-9-3-13-19-16(42-9)6-12(31)7-17(19)44-27(11-4-14(32)21(35)15(33)5-11)28(13)46-30-26(40)24(38)22(36)18(45-30)8-41-29-25(39)23(37)20(34)10(2)43-29/h3-7,10,18,20,22-26,29-30,32-40H,8H2,1-2H3/t10-,18+,20-,22+,23+,24-,25+,26+,29+,30-/m0/s1. The van der Waals surface area contributed by atoms with E-state index in [0.29, 0.717) is 5.76 Å². The second kappa shape index (κ2) is 12.0. The van der Waals surface area contributed by atoms with Crippen molar-refractivity contribution in [2.75, 3.05) is 6.61 Å². The lowest BCUT2D eigenvalue weighted by Gasteiger charge is -2.42. The minimum Gasteiger partial charge on any atom is -0.504 e. The van der Waals surface area contributed by atoms with Crippen molar-refractivity contribution in [3.8, 4) is 34.3 Å². The molecule has 46 heavy (non-hydrogen) atoms. The number of hydrogen-bond acceptors (Lipinski definition) is 16. The van der Waals surface area contributed by atoms with Crippen LogP contribution in [-0.2, 0) is 14.2 Å². The molecule has 0 saturated carbocycles. The molecular formula is C30H32O16. The van der Waals surface area contributed by atoms with Gasteiger partial charge in [-0.25, -0.2) is 0 Å². The highest BCUT2D eigenvalue weighted by atomic mass is 16.7. The Bertz CT molecular complexity index is 1790. The number of aliphatic hydroxyl groups is 6. The lowest BCUT2D eigenvalue weighted by Crippen LogP contribution is -2.61. The second-order valence-corrected chi connectivity index (χ2v) is 11.3. The van der Waals surface area contributed by atoms with Crippen LogP contribution in [0.25, 0.3) is 33.3 Å². The van der Waals surface area contributed by atoms with Crippen LogP contribution >= 0.6 is 0 Å². The van der Waals surface area contributed by atoms with Crippen molar-refractivity contribution >= 4 is 21.9 Å². The van der Waals surface area contributed by atoms with E-state index in [2.05, 4.69) is 0 Å². The zero-order chi connectivity index (χ0) is 33.2. The Morgan fingerprint density at radius 3 is 2.02 bits per heavy atom. The van der Waals surface area contributed by atoms with Crippen LogP contribution in [0.15, 0.2) is 44.0 Å². The summed E-state index contributed by atoms with van der Waals surface area (Å²) < 4.78 is 34.6. The maximum atomic E-state index is 12.4. The first kappa shape index (κ1) is 32.0. The third-order valence-corrected chi connectivity index (χ3v) is 8.06. The van der Waals surface area contributed by atoms with Gasteiger partial charge in [-0.1, -0.05) is 0 Å². The molecule has 9 N–H and O–H groups in total. The predicted octanol–water partition coefficient (Wildman–Crippen LogP) is -0.338. The monoisotopic (exact) mass is 648 g/mol. The second-order valence-electron chi connectivity index (χ2n) is 11.3. The summed E-state index contributed by atoms with van der Waals surface area (Å²) in [5, 5.41) is 93.6. The molecule has 2 saturated heterocycles. The van der Waals surface area contributed by atoms with Gasteiger partial charge in [0.15, 0.2) is 40.5 Å². The molecule has 2 aliphatic rings. The smallest absolute Gasteiger partial charge is 0.229 e. The number of benzene rings is 2. The van der Waals surface area contributed by atoms with Gasteiger partial charge in [-0.05, 0) is 32.0 Å². The Morgan fingerprint density at radius 1 is 0.739 bits per heavy atom. The highest BCUT2D eigenvalue weighted by molar-refractivity contribution is 6.09. The molecule has 0 bridgehead atoms.